The van der Waals surface area contributed by atoms with Gasteiger partial charge in [-0.3, -0.25) is 0 Å². The Labute approximate surface area is 212 Å². The van der Waals surface area contributed by atoms with Crippen molar-refractivity contribution < 1.29 is 13.6 Å². The van der Waals surface area contributed by atoms with Crippen LogP contribution in [0.15, 0.2) is 10.2 Å². The molecule has 33 heavy (non-hydrogen) atoms. The van der Waals surface area contributed by atoms with E-state index in [0.29, 0.717) is 5.92 Å². The number of hydrogen-bond acceptors (Lipinski definition) is 3. The van der Waals surface area contributed by atoms with Crippen LogP contribution < -0.4 is 0 Å². The zero-order valence-electron chi connectivity index (χ0n) is 24.2. The Balaban J connectivity index is 3.30. The van der Waals surface area contributed by atoms with Crippen LogP contribution in [-0.2, 0) is 13.6 Å². The Bertz CT molecular complexity index is 543. The molecule has 3 nitrogen and oxygen atoms in total. The van der Waals surface area contributed by atoms with Crippen LogP contribution in [0.25, 0.3) is 0 Å². The minimum absolute atomic E-state index is 0.00197. The number of rotatable bonds is 13. The fraction of sp³-hybridized carbons (Fsp3) is 0.929. The maximum atomic E-state index is 7.14. The molecular weight excluding hydrogens is 531 g/mol. The van der Waals surface area contributed by atoms with E-state index in [-0.39, 0.29) is 22.3 Å². The average Bonchev–Trinajstić information content (AvgIpc) is 2.74. The van der Waals surface area contributed by atoms with Crippen molar-refractivity contribution in [3.8, 4) is 0 Å². The molecule has 3 atom stereocenters. The van der Waals surface area contributed by atoms with Crippen molar-refractivity contribution in [3.63, 3.8) is 0 Å². The SMILES string of the molecule is CCC[CH2][Sn](/[CH]=C/[C@H](OC)[C@@H]1O[Si](C(C)(C)C)(C(C)(C)C)OC[C@@H]1C)([CH2]CCC)[CH2]CCC. The van der Waals surface area contributed by atoms with Crippen molar-refractivity contribution in [1.29, 1.82) is 0 Å². The first kappa shape index (κ1) is 31.7. The van der Waals surface area contributed by atoms with E-state index in [2.05, 4.69) is 79.4 Å². The molecule has 0 N–H and O–H groups in total. The maximum absolute atomic E-state index is 7.14. The topological polar surface area (TPSA) is 27.7 Å². The van der Waals surface area contributed by atoms with Crippen molar-refractivity contribution in [2.45, 2.75) is 143 Å². The molecule has 0 saturated carbocycles. The summed E-state index contributed by atoms with van der Waals surface area (Å²) in [6.45, 7) is 23.9. The molecule has 0 aromatic heterocycles. The first-order valence-electron chi connectivity index (χ1n) is 13.9. The third kappa shape index (κ3) is 8.33. The van der Waals surface area contributed by atoms with E-state index < -0.39 is 26.9 Å². The third-order valence-corrected chi connectivity index (χ3v) is 27.0. The molecule has 0 aliphatic carbocycles. The molecule has 1 fully saturated rings. The second kappa shape index (κ2) is 13.8. The Morgan fingerprint density at radius 3 is 1.73 bits per heavy atom. The van der Waals surface area contributed by atoms with Crippen LogP contribution in [0, 0.1) is 5.92 Å². The summed E-state index contributed by atoms with van der Waals surface area (Å²) >= 11 is -2.37. The first-order chi connectivity index (χ1) is 15.3. The molecule has 5 heteroatoms. The number of hydrogen-bond donors (Lipinski definition) is 0. The quantitative estimate of drug-likeness (QED) is 0.201. The zero-order chi connectivity index (χ0) is 25.3. The summed E-state index contributed by atoms with van der Waals surface area (Å²) in [7, 11) is -0.630. The van der Waals surface area contributed by atoms with Crippen LogP contribution in [0.2, 0.25) is 23.4 Å². The standard InChI is InChI=1S/C16H31O3Si.3C4H9.Sn/c1-10-13(17-9)14-12(2)11-18-20(19-14,15(3,4)5)16(6,7)8;3*1-3-4-2;/h1,10,12-14H,11H2,2-9H3;3*1,3-4H2,2H3;/t12-,13-,14+;;;;/m0..../s1. The van der Waals surface area contributed by atoms with Crippen LogP contribution in [0.1, 0.15) is 108 Å². The van der Waals surface area contributed by atoms with Crippen LogP contribution in [0.5, 0.6) is 0 Å². The van der Waals surface area contributed by atoms with Crippen LogP contribution in [0.3, 0.4) is 0 Å². The molecule has 0 bridgehead atoms. The molecule has 0 amide bonds. The van der Waals surface area contributed by atoms with Gasteiger partial charge >= 0.3 is 214 Å². The monoisotopic (exact) mass is 590 g/mol. The van der Waals surface area contributed by atoms with E-state index in [0.717, 1.165) is 6.61 Å². The molecule has 1 aliphatic rings. The summed E-state index contributed by atoms with van der Waals surface area (Å²) in [4.78, 5) is 0. The van der Waals surface area contributed by atoms with Crippen molar-refractivity contribution in [2.24, 2.45) is 5.92 Å². The molecule has 196 valence electrons. The summed E-state index contributed by atoms with van der Waals surface area (Å²) < 4.78 is 27.2. The number of ether oxygens (including phenoxy) is 1. The molecule has 1 rings (SSSR count). The molecule has 0 unspecified atom stereocenters. The van der Waals surface area contributed by atoms with Gasteiger partial charge in [0, 0.05) is 0 Å². The van der Waals surface area contributed by atoms with E-state index in [9.17, 15) is 0 Å². The summed E-state index contributed by atoms with van der Waals surface area (Å²) in [5, 5.41) is -0.00395. The van der Waals surface area contributed by atoms with Gasteiger partial charge < -0.3 is 0 Å². The Morgan fingerprint density at radius 2 is 1.36 bits per heavy atom. The normalized spacial score (nSPS) is 23.2. The molecule has 0 aromatic carbocycles. The van der Waals surface area contributed by atoms with Gasteiger partial charge in [0.15, 0.2) is 0 Å². The van der Waals surface area contributed by atoms with Crippen LogP contribution in [-0.4, -0.2) is 52.9 Å². The van der Waals surface area contributed by atoms with Gasteiger partial charge in [0.05, 0.1) is 0 Å². The van der Waals surface area contributed by atoms with Gasteiger partial charge in [-0.15, -0.1) is 0 Å². The summed E-state index contributed by atoms with van der Waals surface area (Å²) in [5.74, 6) is 0.330. The fourth-order valence-corrected chi connectivity index (χ4v) is 25.3. The van der Waals surface area contributed by atoms with Gasteiger partial charge in [0.25, 0.3) is 0 Å². The van der Waals surface area contributed by atoms with Gasteiger partial charge in [0.1, 0.15) is 0 Å². The molecule has 1 aliphatic heterocycles. The second-order valence-electron chi connectivity index (χ2n) is 12.7. The number of methoxy groups -OCH3 is 1. The van der Waals surface area contributed by atoms with Gasteiger partial charge in [-0.05, 0) is 0 Å². The van der Waals surface area contributed by atoms with Gasteiger partial charge in [-0.25, -0.2) is 0 Å². The molecule has 0 spiro atoms. The van der Waals surface area contributed by atoms with Crippen LogP contribution in [0.4, 0.5) is 0 Å². The Kier molecular flexibility index (Phi) is 13.2. The van der Waals surface area contributed by atoms with E-state index in [1.165, 1.54) is 51.8 Å². The first-order valence-corrected chi connectivity index (χ1v) is 23.4. The van der Waals surface area contributed by atoms with E-state index >= 15 is 0 Å². The van der Waals surface area contributed by atoms with Crippen LogP contribution >= 0.6 is 0 Å². The van der Waals surface area contributed by atoms with Crippen molar-refractivity contribution >= 4 is 26.9 Å². The minimum atomic E-state index is -2.50. The molecular formula is C28H58O3SiSn. The van der Waals surface area contributed by atoms with Gasteiger partial charge in [0.2, 0.25) is 0 Å². The van der Waals surface area contributed by atoms with E-state index in [1.807, 2.05) is 7.11 Å². The predicted molar refractivity (Wildman–Crippen MR) is 150 cm³/mol. The Hall–Kier alpha value is 0.636. The third-order valence-electron chi connectivity index (χ3n) is 7.71. The van der Waals surface area contributed by atoms with Gasteiger partial charge in [-0.2, -0.15) is 0 Å². The summed E-state index contributed by atoms with van der Waals surface area (Å²) in [5.41, 5.74) is 0. The van der Waals surface area contributed by atoms with Gasteiger partial charge in [-0.1, -0.05) is 0 Å². The predicted octanol–water partition coefficient (Wildman–Crippen LogP) is 9.04. The van der Waals surface area contributed by atoms with E-state index in [4.69, 9.17) is 13.6 Å². The molecule has 1 saturated heterocycles. The summed E-state index contributed by atoms with van der Waals surface area (Å²) in [6, 6.07) is 0. The molecule has 0 aromatic rings. The summed E-state index contributed by atoms with van der Waals surface area (Å²) in [6.07, 6.45) is 10.6. The molecule has 1 heterocycles. The second-order valence-corrected chi connectivity index (χ2v) is 30.5. The zero-order valence-corrected chi connectivity index (χ0v) is 28.0. The number of unbranched alkanes of at least 4 members (excludes halogenated alkanes) is 3. The van der Waals surface area contributed by atoms with E-state index in [1.54, 1.807) is 0 Å². The van der Waals surface area contributed by atoms with Crippen molar-refractivity contribution in [1.82, 2.24) is 0 Å². The van der Waals surface area contributed by atoms with Crippen molar-refractivity contribution in [2.75, 3.05) is 13.7 Å². The van der Waals surface area contributed by atoms with Crippen molar-refractivity contribution in [3.05, 3.63) is 10.2 Å². The molecule has 0 radical (unpaired) electrons. The fourth-order valence-electron chi connectivity index (χ4n) is 5.82. The average molecular weight is 590 g/mol. The Morgan fingerprint density at radius 1 is 0.909 bits per heavy atom.